The lowest BCUT2D eigenvalue weighted by Crippen LogP contribution is -2.37. The third kappa shape index (κ3) is 3.42. The van der Waals surface area contributed by atoms with Gasteiger partial charge in [-0.25, -0.2) is 9.90 Å². The van der Waals surface area contributed by atoms with Crippen LogP contribution in [0, 0.1) is 0 Å². The highest BCUT2D eigenvalue weighted by molar-refractivity contribution is 5.71. The zero-order valence-electron chi connectivity index (χ0n) is 4.68. The highest BCUT2D eigenvalue weighted by Gasteiger charge is 2.01. The van der Waals surface area contributed by atoms with Crippen LogP contribution in [0.25, 0.3) is 0 Å². The van der Waals surface area contributed by atoms with Crippen molar-refractivity contribution in [1.82, 2.24) is 5.32 Å². The van der Waals surface area contributed by atoms with Crippen LogP contribution in [0.15, 0.2) is 0 Å². The number of urea groups is 1. The molecule has 1 atom stereocenters. The molecule has 0 aliphatic rings. The van der Waals surface area contributed by atoms with Crippen molar-refractivity contribution in [2.75, 3.05) is 0 Å². The monoisotopic (exact) mass is 117 g/mol. The zero-order valence-corrected chi connectivity index (χ0v) is 4.68. The van der Waals surface area contributed by atoms with Crippen molar-refractivity contribution in [3.8, 4) is 0 Å². The van der Waals surface area contributed by atoms with E-state index in [4.69, 9.17) is 0 Å². The maximum atomic E-state index is 10.3. The minimum atomic E-state index is -1.05. The van der Waals surface area contributed by atoms with Crippen LogP contribution in [-0.4, -0.2) is 12.3 Å². The van der Waals surface area contributed by atoms with Gasteiger partial charge in [-0.15, -0.1) is 0 Å². The van der Waals surface area contributed by atoms with Gasteiger partial charge in [0, 0.05) is 0 Å². The van der Waals surface area contributed by atoms with Gasteiger partial charge in [0.05, 0.1) is 0 Å². The molecular weight excluding hydrogens is 108 g/mol. The Labute approximate surface area is 47.7 Å². The van der Waals surface area contributed by atoms with Crippen molar-refractivity contribution in [3.63, 3.8) is 0 Å². The first-order valence-electron chi connectivity index (χ1n) is 2.38. The summed E-state index contributed by atoms with van der Waals surface area (Å²) in [6.45, 7) is 1.67. The molecule has 1 unspecified atom stereocenters. The van der Waals surface area contributed by atoms with Crippen molar-refractivity contribution in [2.45, 2.75) is 19.6 Å². The number of hydrogen-bond donors (Lipinski definition) is 2. The standard InChI is InChI=1S/C4H9N2O2/c1-2-3(7)6-4(5)8/h3H,2H2,1H3,(H3,5,6,8). The molecule has 3 N–H and O–H groups in total. The zero-order chi connectivity index (χ0) is 6.57. The van der Waals surface area contributed by atoms with Gasteiger partial charge < -0.3 is 11.1 Å². The average molecular weight is 117 g/mol. The third-order valence-electron chi connectivity index (χ3n) is 0.674. The number of hydrogen-bond acceptors (Lipinski definition) is 1. The molecule has 0 saturated heterocycles. The molecule has 8 heavy (non-hydrogen) atoms. The first-order chi connectivity index (χ1) is 3.66. The topological polar surface area (TPSA) is 75.0 Å². The molecule has 1 radical (unpaired) electrons. The Bertz CT molecular complexity index is 84.1. The van der Waals surface area contributed by atoms with E-state index in [1.54, 1.807) is 6.92 Å². The first-order valence-corrected chi connectivity index (χ1v) is 2.38. The molecule has 0 rings (SSSR count). The summed E-state index contributed by atoms with van der Waals surface area (Å²) in [7, 11) is 0. The second-order valence-corrected chi connectivity index (χ2v) is 1.41. The van der Waals surface area contributed by atoms with Gasteiger partial charge in [-0.2, -0.15) is 0 Å². The van der Waals surface area contributed by atoms with Crippen LogP contribution in [0.1, 0.15) is 13.3 Å². The van der Waals surface area contributed by atoms with Gasteiger partial charge in [-0.1, -0.05) is 6.92 Å². The SMILES string of the molecule is CCC([O])NC(N)=O. The molecule has 47 valence electrons. The summed E-state index contributed by atoms with van der Waals surface area (Å²) in [5, 5.41) is 12.3. The highest BCUT2D eigenvalue weighted by atomic mass is 16.3. The van der Waals surface area contributed by atoms with E-state index in [1.807, 2.05) is 5.32 Å². The van der Waals surface area contributed by atoms with E-state index in [2.05, 4.69) is 5.73 Å². The summed E-state index contributed by atoms with van der Waals surface area (Å²) in [5.74, 6) is 0. The summed E-state index contributed by atoms with van der Waals surface area (Å²) in [4.78, 5) is 9.88. The predicted molar refractivity (Wildman–Crippen MR) is 27.5 cm³/mol. The number of rotatable bonds is 2. The number of amides is 2. The molecule has 0 heterocycles. The molecule has 0 aromatic heterocycles. The molecule has 0 bridgehead atoms. The Morgan fingerprint density at radius 1 is 1.88 bits per heavy atom. The molecule has 0 spiro atoms. The maximum absolute atomic E-state index is 10.3. The lowest BCUT2D eigenvalue weighted by molar-refractivity contribution is 0.0657. The van der Waals surface area contributed by atoms with Crippen molar-refractivity contribution >= 4 is 6.03 Å². The Morgan fingerprint density at radius 2 is 2.38 bits per heavy atom. The molecule has 0 aliphatic carbocycles. The van der Waals surface area contributed by atoms with Crippen molar-refractivity contribution in [2.24, 2.45) is 5.73 Å². The number of carbonyl (C=O) groups excluding carboxylic acids is 1. The minimum absolute atomic E-state index is 0.364. The van der Waals surface area contributed by atoms with Gasteiger partial charge in [0.25, 0.3) is 0 Å². The summed E-state index contributed by atoms with van der Waals surface area (Å²) in [6.07, 6.45) is -0.685. The van der Waals surface area contributed by atoms with Gasteiger partial charge >= 0.3 is 6.03 Å². The van der Waals surface area contributed by atoms with E-state index in [0.29, 0.717) is 6.42 Å². The molecular formula is C4H9N2O2. The van der Waals surface area contributed by atoms with Crippen LogP contribution in [-0.2, 0) is 5.11 Å². The van der Waals surface area contributed by atoms with E-state index in [0.717, 1.165) is 0 Å². The van der Waals surface area contributed by atoms with E-state index < -0.39 is 12.3 Å². The molecule has 4 heteroatoms. The van der Waals surface area contributed by atoms with Crippen LogP contribution in [0.3, 0.4) is 0 Å². The van der Waals surface area contributed by atoms with E-state index in [9.17, 15) is 9.90 Å². The Kier molecular flexibility index (Phi) is 2.95. The average Bonchev–Trinajstić information content (AvgIpc) is 1.65. The van der Waals surface area contributed by atoms with Crippen LogP contribution in [0.5, 0.6) is 0 Å². The van der Waals surface area contributed by atoms with Gasteiger partial charge in [0.2, 0.25) is 0 Å². The molecule has 0 aliphatic heterocycles. The number of primary amides is 1. The maximum Gasteiger partial charge on any atom is 0.314 e. The van der Waals surface area contributed by atoms with Gasteiger partial charge in [0.1, 0.15) is 0 Å². The van der Waals surface area contributed by atoms with Crippen LogP contribution in [0.4, 0.5) is 4.79 Å². The van der Waals surface area contributed by atoms with Gasteiger partial charge in [-0.05, 0) is 6.42 Å². The number of carbonyl (C=O) groups is 1. The second-order valence-electron chi connectivity index (χ2n) is 1.41. The largest absolute Gasteiger partial charge is 0.352 e. The second kappa shape index (κ2) is 3.26. The van der Waals surface area contributed by atoms with Crippen LogP contribution >= 0.6 is 0 Å². The predicted octanol–water partition coefficient (Wildman–Crippen LogP) is -0.179. The van der Waals surface area contributed by atoms with Crippen LogP contribution < -0.4 is 11.1 Å². The van der Waals surface area contributed by atoms with Gasteiger partial charge in [-0.3, -0.25) is 0 Å². The van der Waals surface area contributed by atoms with E-state index >= 15 is 0 Å². The molecule has 0 fully saturated rings. The normalized spacial score (nSPS) is 12.8. The first kappa shape index (κ1) is 7.23. The number of nitrogens with two attached hydrogens (primary N) is 1. The Balaban J connectivity index is 3.24. The van der Waals surface area contributed by atoms with Crippen molar-refractivity contribution < 1.29 is 9.90 Å². The summed E-state index contributed by atoms with van der Waals surface area (Å²) < 4.78 is 0. The lowest BCUT2D eigenvalue weighted by Gasteiger charge is -2.02. The smallest absolute Gasteiger partial charge is 0.314 e. The summed E-state index contributed by atoms with van der Waals surface area (Å²) >= 11 is 0. The number of nitrogens with one attached hydrogen (secondary N) is 1. The molecule has 0 aromatic carbocycles. The van der Waals surface area contributed by atoms with Crippen LogP contribution in [0.2, 0.25) is 0 Å². The van der Waals surface area contributed by atoms with Crippen molar-refractivity contribution in [3.05, 3.63) is 0 Å². The lowest BCUT2D eigenvalue weighted by atomic mass is 10.4. The Hall–Kier alpha value is -0.770. The molecule has 4 nitrogen and oxygen atoms in total. The molecule has 0 aromatic rings. The molecule has 2 amide bonds. The quantitative estimate of drug-likeness (QED) is 0.484. The Morgan fingerprint density at radius 3 is 2.50 bits per heavy atom. The van der Waals surface area contributed by atoms with E-state index in [-0.39, 0.29) is 0 Å². The van der Waals surface area contributed by atoms with E-state index in [1.165, 1.54) is 0 Å². The minimum Gasteiger partial charge on any atom is -0.352 e. The fourth-order valence-corrected chi connectivity index (χ4v) is 0.261. The fraction of sp³-hybridized carbons (Fsp3) is 0.750. The summed E-state index contributed by atoms with van der Waals surface area (Å²) in [5.41, 5.74) is 4.62. The fourth-order valence-electron chi connectivity index (χ4n) is 0.261. The summed E-state index contributed by atoms with van der Waals surface area (Å²) in [6, 6.07) is -0.758. The van der Waals surface area contributed by atoms with Crippen molar-refractivity contribution in [1.29, 1.82) is 0 Å². The van der Waals surface area contributed by atoms with Gasteiger partial charge in [0.15, 0.2) is 6.23 Å². The molecule has 0 saturated carbocycles. The highest BCUT2D eigenvalue weighted by Crippen LogP contribution is 1.81. The third-order valence-corrected chi connectivity index (χ3v) is 0.674.